The van der Waals surface area contributed by atoms with Crippen molar-refractivity contribution in [1.29, 1.82) is 0 Å². The van der Waals surface area contributed by atoms with E-state index in [1.54, 1.807) is 6.92 Å². The SMILES string of the molecule is CC1CC(C)C2C(C1)C(=O)C(C)C1C(C)CC(C)C(C(C)OC3OC(CO)C(O)C(OC4OC(CO)C(O)C(O)C4O)C3O)OC(=O)C12. The maximum absolute atomic E-state index is 14.2. The average molecular weight is 689 g/mol. The van der Waals surface area contributed by atoms with Crippen molar-refractivity contribution < 1.29 is 69.0 Å². The van der Waals surface area contributed by atoms with Gasteiger partial charge in [-0.2, -0.15) is 0 Å². The summed E-state index contributed by atoms with van der Waals surface area (Å²) in [5.74, 6) is -0.817. The molecular formula is C34H56O14. The second-order valence-corrected chi connectivity index (χ2v) is 15.5. The molecule has 5 rings (SSSR count). The van der Waals surface area contributed by atoms with Gasteiger partial charge in [0.25, 0.3) is 0 Å². The van der Waals surface area contributed by atoms with Gasteiger partial charge in [-0.1, -0.05) is 34.6 Å². The molecule has 2 saturated carbocycles. The maximum atomic E-state index is 14.2. The van der Waals surface area contributed by atoms with E-state index < -0.39 is 92.8 Å². The van der Waals surface area contributed by atoms with Crippen molar-refractivity contribution in [1.82, 2.24) is 0 Å². The van der Waals surface area contributed by atoms with Gasteiger partial charge in [0.2, 0.25) is 0 Å². The van der Waals surface area contributed by atoms with E-state index in [1.165, 1.54) is 0 Å². The lowest BCUT2D eigenvalue weighted by molar-refractivity contribution is -0.365. The van der Waals surface area contributed by atoms with Gasteiger partial charge >= 0.3 is 5.97 Å². The third-order valence-corrected chi connectivity index (χ3v) is 12.0. The first kappa shape index (κ1) is 37.9. The van der Waals surface area contributed by atoms with Crippen LogP contribution in [0.5, 0.6) is 0 Å². The molecule has 48 heavy (non-hydrogen) atoms. The fourth-order valence-corrected chi connectivity index (χ4v) is 9.76. The highest BCUT2D eigenvalue weighted by Crippen LogP contribution is 2.54. The van der Waals surface area contributed by atoms with E-state index in [0.29, 0.717) is 12.3 Å². The van der Waals surface area contributed by atoms with Gasteiger partial charge < -0.3 is 59.4 Å². The predicted octanol–water partition coefficient (Wildman–Crippen LogP) is -0.647. The second-order valence-electron chi connectivity index (χ2n) is 15.5. The molecule has 0 aromatic heterocycles. The number of esters is 1. The van der Waals surface area contributed by atoms with Crippen LogP contribution in [0.15, 0.2) is 0 Å². The van der Waals surface area contributed by atoms with Crippen molar-refractivity contribution in [2.24, 2.45) is 53.3 Å². The summed E-state index contributed by atoms with van der Waals surface area (Å²) < 4.78 is 29.3. The molecule has 0 spiro atoms. The average Bonchev–Trinajstić information content (AvgIpc) is 3.03. The Labute approximate surface area is 281 Å². The van der Waals surface area contributed by atoms with Crippen molar-refractivity contribution in [3.8, 4) is 0 Å². The molecule has 3 aliphatic heterocycles. The van der Waals surface area contributed by atoms with Gasteiger partial charge in [-0.15, -0.1) is 0 Å². The van der Waals surface area contributed by atoms with E-state index in [-0.39, 0.29) is 53.2 Å². The number of ketones is 1. The van der Waals surface area contributed by atoms with E-state index in [4.69, 9.17) is 23.7 Å². The summed E-state index contributed by atoms with van der Waals surface area (Å²) in [6.07, 6.45) is -15.1. The third-order valence-electron chi connectivity index (χ3n) is 12.0. The lowest BCUT2D eigenvalue weighted by Gasteiger charge is -2.53. The molecule has 5 fully saturated rings. The molecule has 21 unspecified atom stereocenters. The molecule has 21 atom stereocenters. The number of fused-ring (bicyclic) bond motifs is 3. The summed E-state index contributed by atoms with van der Waals surface area (Å²) in [5, 5.41) is 72.5. The zero-order chi connectivity index (χ0) is 35.4. The van der Waals surface area contributed by atoms with E-state index in [1.807, 2.05) is 13.8 Å². The highest BCUT2D eigenvalue weighted by atomic mass is 16.7. The lowest BCUT2D eigenvalue weighted by atomic mass is 9.51. The molecule has 3 saturated heterocycles. The summed E-state index contributed by atoms with van der Waals surface area (Å²) in [5.41, 5.74) is 0. The van der Waals surface area contributed by atoms with Crippen LogP contribution in [-0.4, -0.2) is 134 Å². The van der Waals surface area contributed by atoms with Gasteiger partial charge in [-0.05, 0) is 61.7 Å². The minimum Gasteiger partial charge on any atom is -0.459 e. The van der Waals surface area contributed by atoms with Gasteiger partial charge in [0, 0.05) is 11.8 Å². The topological polar surface area (TPSA) is 222 Å². The number of cyclic esters (lactones) is 1. The Morgan fingerprint density at radius 1 is 0.729 bits per heavy atom. The molecule has 3 heterocycles. The second kappa shape index (κ2) is 15.1. The molecule has 2 aliphatic carbocycles. The number of carbonyl (C=O) groups is 2. The number of carbonyl (C=O) groups excluding carboxylic acids is 2. The predicted molar refractivity (Wildman–Crippen MR) is 165 cm³/mol. The molecule has 14 nitrogen and oxygen atoms in total. The molecule has 5 aliphatic rings. The van der Waals surface area contributed by atoms with Crippen molar-refractivity contribution in [2.45, 2.75) is 134 Å². The molecule has 0 amide bonds. The smallest absolute Gasteiger partial charge is 0.309 e. The van der Waals surface area contributed by atoms with Gasteiger partial charge in [0.05, 0.1) is 25.2 Å². The van der Waals surface area contributed by atoms with Crippen LogP contribution in [0.4, 0.5) is 0 Å². The molecule has 14 heteroatoms. The monoisotopic (exact) mass is 688 g/mol. The molecule has 0 bridgehead atoms. The zero-order valence-corrected chi connectivity index (χ0v) is 28.6. The number of aliphatic hydroxyl groups is 7. The molecular weight excluding hydrogens is 632 g/mol. The molecule has 0 aromatic carbocycles. The van der Waals surface area contributed by atoms with Crippen molar-refractivity contribution in [3.63, 3.8) is 0 Å². The quantitative estimate of drug-likeness (QED) is 0.165. The fourth-order valence-electron chi connectivity index (χ4n) is 9.76. The Morgan fingerprint density at radius 2 is 1.33 bits per heavy atom. The summed E-state index contributed by atoms with van der Waals surface area (Å²) >= 11 is 0. The number of hydrogen-bond acceptors (Lipinski definition) is 14. The first-order valence-corrected chi connectivity index (χ1v) is 17.6. The van der Waals surface area contributed by atoms with E-state index in [9.17, 15) is 45.3 Å². The normalized spacial score (nSPS) is 52.4. The van der Waals surface area contributed by atoms with E-state index in [2.05, 4.69) is 20.8 Å². The van der Waals surface area contributed by atoms with Crippen molar-refractivity contribution >= 4 is 11.8 Å². The standard InChI is InChI=1S/C34H56O14/c1-12-7-13(2)22-18(8-12)24(37)16(5)21-14(3)9-15(4)30(47-32(43)23(21)22)17(6)44-34-29(42)31(26(39)20(11-36)46-34)48-33-28(41)27(40)25(38)19(10-35)45-33/h12-23,25-31,33-36,38-42H,7-11H2,1-6H3. The molecule has 7 N–H and O–H groups in total. The fraction of sp³-hybridized carbons (Fsp3) is 0.941. The summed E-state index contributed by atoms with van der Waals surface area (Å²) in [6, 6.07) is 0. The largest absolute Gasteiger partial charge is 0.459 e. The first-order valence-electron chi connectivity index (χ1n) is 17.6. The van der Waals surface area contributed by atoms with Gasteiger partial charge in [0.15, 0.2) is 12.6 Å². The van der Waals surface area contributed by atoms with Gasteiger partial charge in [-0.3, -0.25) is 9.59 Å². The Balaban J connectivity index is 1.34. The number of Topliss-reactive ketones (excluding diaryl/α,β-unsaturated/α-hetero) is 1. The number of aliphatic hydroxyl groups excluding tert-OH is 7. The lowest BCUT2D eigenvalue weighted by Crippen LogP contribution is -2.65. The van der Waals surface area contributed by atoms with Crippen LogP contribution in [0.25, 0.3) is 0 Å². The van der Waals surface area contributed by atoms with Crippen molar-refractivity contribution in [2.75, 3.05) is 13.2 Å². The highest BCUT2D eigenvalue weighted by molar-refractivity contribution is 5.88. The van der Waals surface area contributed by atoms with Crippen LogP contribution < -0.4 is 0 Å². The Morgan fingerprint density at radius 3 is 1.98 bits per heavy atom. The highest BCUT2D eigenvalue weighted by Gasteiger charge is 2.58. The van der Waals surface area contributed by atoms with E-state index in [0.717, 1.165) is 12.8 Å². The summed E-state index contributed by atoms with van der Waals surface area (Å²) in [6.45, 7) is 10.6. The van der Waals surface area contributed by atoms with Crippen LogP contribution in [0.3, 0.4) is 0 Å². The van der Waals surface area contributed by atoms with Crippen molar-refractivity contribution in [3.05, 3.63) is 0 Å². The maximum Gasteiger partial charge on any atom is 0.309 e. The first-order chi connectivity index (χ1) is 22.6. The Hall–Kier alpha value is -1.30. The van der Waals surface area contributed by atoms with Crippen LogP contribution >= 0.6 is 0 Å². The Bertz CT molecular complexity index is 1120. The molecule has 0 radical (unpaired) electrons. The van der Waals surface area contributed by atoms with Gasteiger partial charge in [0.1, 0.15) is 60.7 Å². The minimum atomic E-state index is -1.80. The molecule has 0 aromatic rings. The van der Waals surface area contributed by atoms with Crippen LogP contribution in [0.1, 0.15) is 60.8 Å². The third kappa shape index (κ3) is 6.97. The number of ether oxygens (including phenoxy) is 5. The van der Waals surface area contributed by atoms with Crippen LogP contribution in [0, 0.1) is 53.3 Å². The summed E-state index contributed by atoms with van der Waals surface area (Å²) in [4.78, 5) is 27.9. The van der Waals surface area contributed by atoms with E-state index >= 15 is 0 Å². The number of hydrogen-bond donors (Lipinski definition) is 7. The number of rotatable bonds is 7. The van der Waals surface area contributed by atoms with Crippen LogP contribution in [0.2, 0.25) is 0 Å². The Kier molecular flexibility index (Phi) is 12.0. The summed E-state index contributed by atoms with van der Waals surface area (Å²) in [7, 11) is 0. The van der Waals surface area contributed by atoms with Crippen LogP contribution in [-0.2, 0) is 33.3 Å². The zero-order valence-electron chi connectivity index (χ0n) is 28.6. The minimum absolute atomic E-state index is 0.0424. The van der Waals surface area contributed by atoms with Gasteiger partial charge in [-0.25, -0.2) is 0 Å². The molecule has 276 valence electrons.